The van der Waals surface area contributed by atoms with E-state index in [1.807, 2.05) is 0 Å². The highest BCUT2D eigenvalue weighted by molar-refractivity contribution is 7.09. The minimum Gasteiger partial charge on any atom is -0.357 e. The Kier molecular flexibility index (Phi) is 2.36. The highest BCUT2D eigenvalue weighted by Crippen LogP contribution is 2.39. The highest BCUT2D eigenvalue weighted by Gasteiger charge is 2.34. The number of rotatable bonds is 3. The van der Waals surface area contributed by atoms with Gasteiger partial charge in [-0.25, -0.2) is 4.98 Å². The van der Waals surface area contributed by atoms with Crippen molar-refractivity contribution in [3.05, 3.63) is 5.82 Å². The van der Waals surface area contributed by atoms with Crippen LogP contribution >= 0.6 is 11.5 Å². The molecule has 0 aromatic carbocycles. The summed E-state index contributed by atoms with van der Waals surface area (Å²) in [6.07, 6.45) is 7.77. The first-order valence-corrected chi connectivity index (χ1v) is 7.50. The van der Waals surface area contributed by atoms with Crippen molar-refractivity contribution in [2.75, 3.05) is 5.32 Å². The SMILES string of the molecule is C1CC2CC(Nc3nc(C4CC4)ns3)CC1N2. The fraction of sp³-hybridized carbons (Fsp3) is 0.833. The van der Waals surface area contributed by atoms with Gasteiger partial charge >= 0.3 is 0 Å². The second kappa shape index (κ2) is 3.92. The molecule has 1 aromatic heterocycles. The molecule has 0 amide bonds. The number of hydrogen-bond acceptors (Lipinski definition) is 5. The number of hydrogen-bond donors (Lipinski definition) is 2. The minimum absolute atomic E-state index is 0.605. The Morgan fingerprint density at radius 2 is 1.88 bits per heavy atom. The van der Waals surface area contributed by atoms with Crippen molar-refractivity contribution in [2.45, 2.75) is 62.6 Å². The monoisotopic (exact) mass is 250 g/mol. The summed E-state index contributed by atoms with van der Waals surface area (Å²) in [7, 11) is 0. The summed E-state index contributed by atoms with van der Waals surface area (Å²) in [6.45, 7) is 0. The molecular formula is C12H18N4S. The van der Waals surface area contributed by atoms with Crippen molar-refractivity contribution in [1.82, 2.24) is 14.7 Å². The maximum atomic E-state index is 4.61. The van der Waals surface area contributed by atoms with E-state index in [-0.39, 0.29) is 0 Å². The Hall–Kier alpha value is -0.680. The lowest BCUT2D eigenvalue weighted by atomic mass is 10.0. The lowest BCUT2D eigenvalue weighted by Gasteiger charge is -2.29. The molecule has 4 nitrogen and oxygen atoms in total. The van der Waals surface area contributed by atoms with Crippen LogP contribution in [0.3, 0.4) is 0 Å². The predicted molar refractivity (Wildman–Crippen MR) is 68.5 cm³/mol. The van der Waals surface area contributed by atoms with Gasteiger partial charge in [0.1, 0.15) is 5.82 Å². The van der Waals surface area contributed by atoms with E-state index in [0.717, 1.165) is 23.0 Å². The van der Waals surface area contributed by atoms with Crippen LogP contribution in [0.15, 0.2) is 0 Å². The summed E-state index contributed by atoms with van der Waals surface area (Å²) < 4.78 is 4.45. The van der Waals surface area contributed by atoms with Gasteiger partial charge in [-0.3, -0.25) is 0 Å². The van der Waals surface area contributed by atoms with Crippen LogP contribution in [0.1, 0.15) is 50.3 Å². The molecule has 2 aliphatic heterocycles. The average molecular weight is 250 g/mol. The van der Waals surface area contributed by atoms with Gasteiger partial charge in [-0.2, -0.15) is 4.37 Å². The molecule has 3 aliphatic rings. The average Bonchev–Trinajstić information content (AvgIpc) is 2.99. The molecule has 2 N–H and O–H groups in total. The van der Waals surface area contributed by atoms with Crippen LogP contribution in [0.5, 0.6) is 0 Å². The van der Waals surface area contributed by atoms with Gasteiger partial charge in [-0.1, -0.05) is 0 Å². The second-order valence-electron chi connectivity index (χ2n) is 5.68. The summed E-state index contributed by atoms with van der Waals surface area (Å²) in [4.78, 5) is 4.61. The smallest absolute Gasteiger partial charge is 0.202 e. The zero-order valence-electron chi connectivity index (χ0n) is 9.85. The van der Waals surface area contributed by atoms with E-state index in [1.54, 1.807) is 11.5 Å². The van der Waals surface area contributed by atoms with E-state index >= 15 is 0 Å². The molecule has 3 heterocycles. The van der Waals surface area contributed by atoms with Gasteiger partial charge in [-0.15, -0.1) is 0 Å². The predicted octanol–water partition coefficient (Wildman–Crippen LogP) is 2.11. The first kappa shape index (κ1) is 10.3. The fourth-order valence-electron chi connectivity index (χ4n) is 3.15. The molecule has 2 atom stereocenters. The molecule has 3 fully saturated rings. The lowest BCUT2D eigenvalue weighted by Crippen LogP contribution is -2.43. The maximum Gasteiger partial charge on any atom is 0.202 e. The first-order chi connectivity index (χ1) is 8.37. The molecule has 1 aliphatic carbocycles. The zero-order chi connectivity index (χ0) is 11.2. The molecule has 2 bridgehead atoms. The van der Waals surface area contributed by atoms with Crippen molar-refractivity contribution in [1.29, 1.82) is 0 Å². The Morgan fingerprint density at radius 1 is 1.12 bits per heavy atom. The lowest BCUT2D eigenvalue weighted by molar-refractivity contribution is 0.378. The van der Waals surface area contributed by atoms with E-state index in [1.165, 1.54) is 38.5 Å². The van der Waals surface area contributed by atoms with Crippen molar-refractivity contribution in [3.8, 4) is 0 Å². The quantitative estimate of drug-likeness (QED) is 0.862. The molecule has 92 valence electrons. The molecule has 4 rings (SSSR count). The van der Waals surface area contributed by atoms with Crippen LogP contribution in [-0.4, -0.2) is 27.5 Å². The number of aromatic nitrogens is 2. The molecule has 0 radical (unpaired) electrons. The van der Waals surface area contributed by atoms with Crippen LogP contribution in [-0.2, 0) is 0 Å². The maximum absolute atomic E-state index is 4.61. The number of anilines is 1. The molecule has 2 unspecified atom stereocenters. The third kappa shape index (κ3) is 2.06. The van der Waals surface area contributed by atoms with Gasteiger partial charge in [0.05, 0.1) is 0 Å². The molecular weight excluding hydrogens is 232 g/mol. The Balaban J connectivity index is 1.42. The van der Waals surface area contributed by atoms with Crippen molar-refractivity contribution in [2.24, 2.45) is 0 Å². The van der Waals surface area contributed by atoms with Crippen molar-refractivity contribution < 1.29 is 0 Å². The number of fused-ring (bicyclic) bond motifs is 2. The molecule has 1 aromatic rings. The van der Waals surface area contributed by atoms with Crippen LogP contribution in [0.2, 0.25) is 0 Å². The van der Waals surface area contributed by atoms with E-state index in [4.69, 9.17) is 0 Å². The molecule has 0 spiro atoms. The van der Waals surface area contributed by atoms with Gasteiger partial charge in [0, 0.05) is 35.6 Å². The summed E-state index contributed by atoms with van der Waals surface area (Å²) in [5.74, 6) is 1.75. The van der Waals surface area contributed by atoms with Gasteiger partial charge in [0.15, 0.2) is 0 Å². The standard InChI is InChI=1S/C12H18N4S/c1-2-7(1)11-15-12(17-16-11)14-10-5-8-3-4-9(6-10)13-8/h7-10,13H,1-6H2,(H,14,15,16). The number of piperidine rings is 1. The number of nitrogens with one attached hydrogen (secondary N) is 2. The summed E-state index contributed by atoms with van der Waals surface area (Å²) in [6, 6.07) is 2.08. The number of nitrogens with zero attached hydrogens (tertiary/aromatic N) is 2. The Bertz CT molecular complexity index is 402. The van der Waals surface area contributed by atoms with Crippen LogP contribution in [0, 0.1) is 0 Å². The van der Waals surface area contributed by atoms with Crippen LogP contribution in [0.4, 0.5) is 5.13 Å². The van der Waals surface area contributed by atoms with E-state index in [9.17, 15) is 0 Å². The van der Waals surface area contributed by atoms with Crippen LogP contribution in [0.25, 0.3) is 0 Å². The Labute approximate surface area is 105 Å². The normalized spacial score (nSPS) is 36.1. The summed E-state index contributed by atoms with van der Waals surface area (Å²) in [5.41, 5.74) is 0. The fourth-order valence-corrected chi connectivity index (χ4v) is 3.87. The van der Waals surface area contributed by atoms with Crippen molar-refractivity contribution in [3.63, 3.8) is 0 Å². The molecule has 5 heteroatoms. The van der Waals surface area contributed by atoms with Gasteiger partial charge in [0.25, 0.3) is 0 Å². The highest BCUT2D eigenvalue weighted by atomic mass is 32.1. The third-order valence-corrected chi connectivity index (χ3v) is 4.85. The molecule has 17 heavy (non-hydrogen) atoms. The summed E-state index contributed by atoms with van der Waals surface area (Å²) in [5, 5.41) is 8.30. The first-order valence-electron chi connectivity index (χ1n) is 6.73. The van der Waals surface area contributed by atoms with E-state index < -0.39 is 0 Å². The van der Waals surface area contributed by atoms with Gasteiger partial charge in [0.2, 0.25) is 5.13 Å². The largest absolute Gasteiger partial charge is 0.357 e. The van der Waals surface area contributed by atoms with Crippen LogP contribution < -0.4 is 10.6 Å². The molecule has 2 saturated heterocycles. The second-order valence-corrected chi connectivity index (χ2v) is 6.43. The topological polar surface area (TPSA) is 49.8 Å². The van der Waals surface area contributed by atoms with Gasteiger partial charge < -0.3 is 10.6 Å². The minimum atomic E-state index is 0.605. The third-order valence-electron chi connectivity index (χ3n) is 4.18. The zero-order valence-corrected chi connectivity index (χ0v) is 10.7. The summed E-state index contributed by atoms with van der Waals surface area (Å²) >= 11 is 1.54. The van der Waals surface area contributed by atoms with Gasteiger partial charge in [-0.05, 0) is 38.5 Å². The van der Waals surface area contributed by atoms with Crippen molar-refractivity contribution >= 4 is 16.7 Å². The Morgan fingerprint density at radius 3 is 2.59 bits per heavy atom. The molecule has 1 saturated carbocycles. The van der Waals surface area contributed by atoms with E-state index in [2.05, 4.69) is 20.0 Å². The van der Waals surface area contributed by atoms with E-state index in [0.29, 0.717) is 12.0 Å².